The highest BCUT2D eigenvalue weighted by Crippen LogP contribution is 2.35. The molecule has 3 aromatic rings. The van der Waals surface area contributed by atoms with Gasteiger partial charge < -0.3 is 25.6 Å². The number of para-hydroxylation sites is 2. The Kier molecular flexibility index (Phi) is 4.25. The molecule has 1 aromatic heterocycles. The van der Waals surface area contributed by atoms with Crippen LogP contribution in [0, 0.1) is 0 Å². The van der Waals surface area contributed by atoms with E-state index in [1.807, 2.05) is 48.5 Å². The lowest BCUT2D eigenvalue weighted by Crippen LogP contribution is -2.57. The molecule has 1 saturated heterocycles. The van der Waals surface area contributed by atoms with Crippen molar-refractivity contribution in [3.8, 4) is 5.88 Å². The van der Waals surface area contributed by atoms with Crippen LogP contribution in [0.25, 0.3) is 10.9 Å². The maximum absolute atomic E-state index is 12.0. The summed E-state index contributed by atoms with van der Waals surface area (Å²) < 4.78 is 0. The molecule has 2 aliphatic rings. The molecule has 1 amide bonds. The maximum atomic E-state index is 12.0. The molecule has 0 aliphatic carbocycles. The van der Waals surface area contributed by atoms with E-state index in [1.54, 1.807) is 0 Å². The van der Waals surface area contributed by atoms with Crippen molar-refractivity contribution in [2.75, 3.05) is 19.7 Å². The Hall–Kier alpha value is -3.65. The number of nitrogens with zero attached hydrogens (tertiary/aromatic N) is 2. The average Bonchev–Trinajstić information content (AvgIpc) is 3.21. The zero-order chi connectivity index (χ0) is 19.8. The quantitative estimate of drug-likeness (QED) is 0.499. The first kappa shape index (κ1) is 17.4. The number of carbonyl (C=O) groups is 1. The number of oxime groups is 1. The van der Waals surface area contributed by atoms with Crippen molar-refractivity contribution < 1.29 is 14.7 Å². The molecule has 0 atom stereocenters. The van der Waals surface area contributed by atoms with Crippen molar-refractivity contribution in [3.63, 3.8) is 0 Å². The van der Waals surface area contributed by atoms with Crippen LogP contribution in [-0.4, -0.2) is 53.2 Å². The maximum Gasteiger partial charge on any atom is 0.261 e. The number of hydrogen-bond donors (Lipinski definition) is 4. The zero-order valence-electron chi connectivity index (χ0n) is 15.5. The van der Waals surface area contributed by atoms with Gasteiger partial charge in [0.2, 0.25) is 0 Å². The molecule has 4 N–H and O–H groups in total. The van der Waals surface area contributed by atoms with Gasteiger partial charge in [0.1, 0.15) is 11.4 Å². The summed E-state index contributed by atoms with van der Waals surface area (Å²) in [6.45, 7) is 1.35. The molecule has 146 valence electrons. The fourth-order valence-electron chi connectivity index (χ4n) is 3.52. The highest BCUT2D eigenvalue weighted by atomic mass is 16.6. The lowest BCUT2D eigenvalue weighted by Gasteiger charge is -2.27. The first-order valence-electron chi connectivity index (χ1n) is 9.39. The van der Waals surface area contributed by atoms with Gasteiger partial charge in [-0.3, -0.25) is 4.79 Å². The molecule has 2 aliphatic heterocycles. The third-order valence-corrected chi connectivity index (χ3v) is 5.04. The summed E-state index contributed by atoms with van der Waals surface area (Å²) in [5.74, 6) is -0.207. The number of aliphatic imine (C=N–C) groups is 1. The summed E-state index contributed by atoms with van der Waals surface area (Å²) in [7, 11) is 0. The van der Waals surface area contributed by atoms with E-state index < -0.39 is 0 Å². The predicted molar refractivity (Wildman–Crippen MR) is 110 cm³/mol. The van der Waals surface area contributed by atoms with Crippen molar-refractivity contribution >= 4 is 33.9 Å². The van der Waals surface area contributed by atoms with Crippen LogP contribution in [0.4, 0.5) is 5.69 Å². The number of aromatic hydroxyl groups is 1. The first-order chi connectivity index (χ1) is 14.2. The second-order valence-corrected chi connectivity index (χ2v) is 7.01. The van der Waals surface area contributed by atoms with E-state index in [0.717, 1.165) is 35.2 Å². The smallest absolute Gasteiger partial charge is 0.261 e. The lowest BCUT2D eigenvalue weighted by atomic mass is 10.0. The molecule has 1 fully saturated rings. The van der Waals surface area contributed by atoms with Gasteiger partial charge in [0.15, 0.2) is 12.5 Å². The van der Waals surface area contributed by atoms with Crippen LogP contribution < -0.4 is 10.6 Å². The van der Waals surface area contributed by atoms with Gasteiger partial charge in [-0.05, 0) is 12.1 Å². The van der Waals surface area contributed by atoms with Crippen molar-refractivity contribution in [1.29, 1.82) is 0 Å². The van der Waals surface area contributed by atoms with Gasteiger partial charge in [0.05, 0.1) is 17.3 Å². The zero-order valence-corrected chi connectivity index (χ0v) is 15.5. The fourth-order valence-corrected chi connectivity index (χ4v) is 3.52. The minimum atomic E-state index is -0.222. The highest BCUT2D eigenvalue weighted by molar-refractivity contribution is 6.58. The van der Waals surface area contributed by atoms with E-state index in [1.165, 1.54) is 0 Å². The van der Waals surface area contributed by atoms with Crippen molar-refractivity contribution in [2.45, 2.75) is 6.04 Å². The molecule has 29 heavy (non-hydrogen) atoms. The SMILES string of the molecule is O=C(CO/N=C1/C(c2c(O)[nH]c3ccccc23)=Nc2ccccc21)NC1CNC1. The van der Waals surface area contributed by atoms with E-state index >= 15 is 0 Å². The van der Waals surface area contributed by atoms with Crippen molar-refractivity contribution in [2.24, 2.45) is 10.1 Å². The second-order valence-electron chi connectivity index (χ2n) is 7.01. The number of aromatic amines is 1. The topological polar surface area (TPSA) is 111 Å². The van der Waals surface area contributed by atoms with Gasteiger partial charge in [-0.1, -0.05) is 41.6 Å². The Labute approximate surface area is 166 Å². The number of rotatable bonds is 5. The molecule has 0 spiro atoms. The first-order valence-corrected chi connectivity index (χ1v) is 9.39. The van der Waals surface area contributed by atoms with Gasteiger partial charge in [-0.15, -0.1) is 0 Å². The minimum Gasteiger partial charge on any atom is -0.494 e. The van der Waals surface area contributed by atoms with Crippen molar-refractivity contribution in [3.05, 3.63) is 59.7 Å². The normalized spacial score (nSPS) is 17.1. The summed E-state index contributed by atoms with van der Waals surface area (Å²) in [5.41, 5.74) is 3.87. The van der Waals surface area contributed by atoms with Gasteiger partial charge in [-0.2, -0.15) is 0 Å². The third-order valence-electron chi connectivity index (χ3n) is 5.04. The molecule has 5 rings (SSSR count). The fraction of sp³-hybridized carbons (Fsp3) is 0.190. The molecule has 3 heterocycles. The molecule has 0 radical (unpaired) electrons. The van der Waals surface area contributed by atoms with Crippen LogP contribution in [0.3, 0.4) is 0 Å². The summed E-state index contributed by atoms with van der Waals surface area (Å²) in [4.78, 5) is 25.0. The summed E-state index contributed by atoms with van der Waals surface area (Å²) in [6.07, 6.45) is 0. The standard InChI is InChI=1S/C21H19N5O3/c27-17(23-12-9-22-10-12)11-29-26-19-14-6-2-4-8-16(14)24-20(19)18-13-5-1-3-7-15(13)25-21(18)28/h1-8,12,22,25,28H,9-11H2,(H,23,27)/b26-19+. The molecule has 8 heteroatoms. The van der Waals surface area contributed by atoms with E-state index in [9.17, 15) is 9.90 Å². The monoisotopic (exact) mass is 389 g/mol. The van der Waals surface area contributed by atoms with Crippen LogP contribution in [-0.2, 0) is 9.63 Å². The number of H-pyrrole nitrogens is 1. The molecule has 8 nitrogen and oxygen atoms in total. The van der Waals surface area contributed by atoms with Crippen LogP contribution in [0.5, 0.6) is 5.88 Å². The Morgan fingerprint density at radius 2 is 2.00 bits per heavy atom. The number of aromatic nitrogens is 1. The Bertz CT molecular complexity index is 1160. The number of hydrogen-bond acceptors (Lipinski definition) is 6. The summed E-state index contributed by atoms with van der Waals surface area (Å²) in [5, 5.41) is 21.6. The molecule has 2 aromatic carbocycles. The molecule has 0 unspecified atom stereocenters. The van der Waals surface area contributed by atoms with E-state index in [2.05, 4.69) is 25.8 Å². The van der Waals surface area contributed by atoms with E-state index in [4.69, 9.17) is 4.84 Å². The number of benzene rings is 2. The second kappa shape index (κ2) is 7.06. The molecule has 0 bridgehead atoms. The lowest BCUT2D eigenvalue weighted by molar-refractivity contribution is -0.126. The summed E-state index contributed by atoms with van der Waals surface area (Å²) in [6, 6.07) is 15.3. The predicted octanol–water partition coefficient (Wildman–Crippen LogP) is 1.82. The molecular weight excluding hydrogens is 370 g/mol. The number of carbonyl (C=O) groups excluding carboxylic acids is 1. The Balaban J connectivity index is 1.47. The molecular formula is C21H19N5O3. The molecule has 0 saturated carbocycles. The van der Waals surface area contributed by atoms with Crippen LogP contribution >= 0.6 is 0 Å². The highest BCUT2D eigenvalue weighted by Gasteiger charge is 2.29. The van der Waals surface area contributed by atoms with Gasteiger partial charge in [0.25, 0.3) is 5.91 Å². The van der Waals surface area contributed by atoms with Crippen molar-refractivity contribution in [1.82, 2.24) is 15.6 Å². The third kappa shape index (κ3) is 3.13. The van der Waals surface area contributed by atoms with Gasteiger partial charge in [-0.25, -0.2) is 4.99 Å². The average molecular weight is 389 g/mol. The van der Waals surface area contributed by atoms with Crippen LogP contribution in [0.2, 0.25) is 0 Å². The summed E-state index contributed by atoms with van der Waals surface area (Å²) >= 11 is 0. The number of amides is 1. The van der Waals surface area contributed by atoms with E-state index in [-0.39, 0.29) is 24.4 Å². The van der Waals surface area contributed by atoms with E-state index in [0.29, 0.717) is 17.0 Å². The largest absolute Gasteiger partial charge is 0.494 e. The number of fused-ring (bicyclic) bond motifs is 2. The van der Waals surface area contributed by atoms with Crippen LogP contribution in [0.1, 0.15) is 11.1 Å². The number of nitrogens with one attached hydrogen (secondary N) is 3. The minimum absolute atomic E-state index is 0.0145. The van der Waals surface area contributed by atoms with Gasteiger partial charge in [0, 0.05) is 29.6 Å². The van der Waals surface area contributed by atoms with Gasteiger partial charge >= 0.3 is 0 Å². The Morgan fingerprint density at radius 3 is 2.83 bits per heavy atom. The van der Waals surface area contributed by atoms with Crippen LogP contribution in [0.15, 0.2) is 58.7 Å². The Morgan fingerprint density at radius 1 is 1.21 bits per heavy atom.